The van der Waals surface area contributed by atoms with E-state index in [-0.39, 0.29) is 6.10 Å². The summed E-state index contributed by atoms with van der Waals surface area (Å²) in [7, 11) is 0. The summed E-state index contributed by atoms with van der Waals surface area (Å²) in [4.78, 5) is 6.03. The highest BCUT2D eigenvalue weighted by molar-refractivity contribution is 8.14. The molecule has 1 atom stereocenters. The van der Waals surface area contributed by atoms with Gasteiger partial charge in [0, 0.05) is 4.90 Å². The SMILES string of the molecule is CCc1ccc(N=C(Sc2ccccc2)C(C)Oc2ccccc2)cc1. The number of aliphatic imine (C=N–C) groups is 1. The van der Waals surface area contributed by atoms with Crippen LogP contribution < -0.4 is 4.74 Å². The van der Waals surface area contributed by atoms with E-state index in [9.17, 15) is 0 Å². The summed E-state index contributed by atoms with van der Waals surface area (Å²) in [5.74, 6) is 0.850. The van der Waals surface area contributed by atoms with E-state index in [1.165, 1.54) is 5.56 Å². The Labute approximate surface area is 160 Å². The largest absolute Gasteiger partial charge is 0.484 e. The predicted octanol–water partition coefficient (Wildman–Crippen LogP) is 6.54. The molecule has 0 aliphatic heterocycles. The van der Waals surface area contributed by atoms with E-state index in [1.807, 2.05) is 55.5 Å². The number of para-hydroxylation sites is 1. The molecule has 132 valence electrons. The summed E-state index contributed by atoms with van der Waals surface area (Å²) in [5.41, 5.74) is 2.26. The quantitative estimate of drug-likeness (QED) is 0.282. The Morgan fingerprint density at radius 2 is 1.50 bits per heavy atom. The minimum atomic E-state index is -0.145. The van der Waals surface area contributed by atoms with Crippen LogP contribution in [0.3, 0.4) is 0 Å². The first kappa shape index (κ1) is 18.3. The fraction of sp³-hybridized carbons (Fsp3) is 0.174. The molecule has 0 fully saturated rings. The number of aryl methyl sites for hydroxylation is 1. The van der Waals surface area contributed by atoms with Crippen LogP contribution in [-0.2, 0) is 6.42 Å². The standard InChI is InChI=1S/C23H23NOS/c1-3-19-14-16-20(17-15-19)24-23(26-22-12-8-5-9-13-22)18(2)25-21-10-6-4-7-11-21/h4-18H,3H2,1-2H3. The van der Waals surface area contributed by atoms with E-state index < -0.39 is 0 Å². The number of ether oxygens (including phenoxy) is 1. The molecule has 0 saturated heterocycles. The van der Waals surface area contributed by atoms with Crippen molar-refractivity contribution in [1.82, 2.24) is 0 Å². The van der Waals surface area contributed by atoms with E-state index in [0.717, 1.165) is 27.8 Å². The Morgan fingerprint density at radius 1 is 0.885 bits per heavy atom. The molecule has 1 unspecified atom stereocenters. The number of nitrogens with zero attached hydrogens (tertiary/aromatic N) is 1. The monoisotopic (exact) mass is 361 g/mol. The second-order valence-corrected chi connectivity index (χ2v) is 7.05. The van der Waals surface area contributed by atoms with Gasteiger partial charge in [0.05, 0.1) is 5.69 Å². The van der Waals surface area contributed by atoms with Gasteiger partial charge in [-0.3, -0.25) is 0 Å². The first-order chi connectivity index (χ1) is 12.7. The molecule has 0 aliphatic carbocycles. The first-order valence-electron chi connectivity index (χ1n) is 8.86. The minimum absolute atomic E-state index is 0.145. The zero-order valence-electron chi connectivity index (χ0n) is 15.1. The van der Waals surface area contributed by atoms with Crippen LogP contribution >= 0.6 is 11.8 Å². The maximum atomic E-state index is 6.11. The van der Waals surface area contributed by atoms with Crippen LogP contribution in [0.1, 0.15) is 19.4 Å². The molecule has 26 heavy (non-hydrogen) atoms. The lowest BCUT2D eigenvalue weighted by atomic mass is 10.1. The lowest BCUT2D eigenvalue weighted by Crippen LogP contribution is -2.21. The second-order valence-electron chi connectivity index (χ2n) is 5.96. The molecule has 0 radical (unpaired) electrons. The average Bonchev–Trinajstić information content (AvgIpc) is 2.69. The molecule has 0 N–H and O–H groups in total. The predicted molar refractivity (Wildman–Crippen MR) is 112 cm³/mol. The number of benzene rings is 3. The number of thioether (sulfide) groups is 1. The molecule has 3 rings (SSSR count). The summed E-state index contributed by atoms with van der Waals surface area (Å²) in [6, 6.07) is 28.6. The van der Waals surface area contributed by atoms with Gasteiger partial charge < -0.3 is 4.74 Å². The Hall–Kier alpha value is -2.52. The van der Waals surface area contributed by atoms with Crippen molar-refractivity contribution in [2.24, 2.45) is 4.99 Å². The van der Waals surface area contributed by atoms with Gasteiger partial charge in [0.2, 0.25) is 0 Å². The molecule has 2 nitrogen and oxygen atoms in total. The van der Waals surface area contributed by atoms with Crippen molar-refractivity contribution < 1.29 is 4.74 Å². The van der Waals surface area contributed by atoms with Crippen molar-refractivity contribution in [2.45, 2.75) is 31.3 Å². The van der Waals surface area contributed by atoms with E-state index in [2.05, 4.69) is 43.3 Å². The van der Waals surface area contributed by atoms with Gasteiger partial charge in [-0.15, -0.1) is 0 Å². The molecular weight excluding hydrogens is 338 g/mol. The second kappa shape index (κ2) is 9.25. The Morgan fingerprint density at radius 3 is 2.12 bits per heavy atom. The Balaban J connectivity index is 1.85. The topological polar surface area (TPSA) is 21.6 Å². The molecule has 3 aromatic rings. The van der Waals surface area contributed by atoms with Gasteiger partial charge in [-0.1, -0.05) is 67.2 Å². The highest BCUT2D eigenvalue weighted by atomic mass is 32.2. The van der Waals surface area contributed by atoms with Gasteiger partial charge in [0.15, 0.2) is 0 Å². The zero-order chi connectivity index (χ0) is 18.2. The lowest BCUT2D eigenvalue weighted by molar-refractivity contribution is 0.290. The highest BCUT2D eigenvalue weighted by Gasteiger charge is 2.15. The molecular formula is C23H23NOS. The summed E-state index contributed by atoms with van der Waals surface area (Å²) in [6.45, 7) is 4.20. The third kappa shape index (κ3) is 5.24. The van der Waals surface area contributed by atoms with Crippen LogP contribution in [0.15, 0.2) is 94.8 Å². The van der Waals surface area contributed by atoms with Crippen molar-refractivity contribution in [3.05, 3.63) is 90.5 Å². The molecule has 0 heterocycles. The van der Waals surface area contributed by atoms with Crippen LogP contribution in [0.2, 0.25) is 0 Å². The Kier molecular flexibility index (Phi) is 6.50. The summed E-state index contributed by atoms with van der Waals surface area (Å²) in [5, 5.41) is 0.935. The molecule has 0 aromatic heterocycles. The third-order valence-corrected chi connectivity index (χ3v) is 5.09. The van der Waals surface area contributed by atoms with Gasteiger partial charge in [-0.25, -0.2) is 4.99 Å². The number of hydrogen-bond acceptors (Lipinski definition) is 3. The number of rotatable bonds is 6. The van der Waals surface area contributed by atoms with Crippen LogP contribution in [0.25, 0.3) is 0 Å². The van der Waals surface area contributed by atoms with E-state index in [0.29, 0.717) is 0 Å². The molecule has 0 saturated carbocycles. The van der Waals surface area contributed by atoms with E-state index >= 15 is 0 Å². The molecule has 0 spiro atoms. The van der Waals surface area contributed by atoms with Crippen LogP contribution in [0.5, 0.6) is 5.75 Å². The highest BCUT2D eigenvalue weighted by Crippen LogP contribution is 2.26. The normalized spacial score (nSPS) is 12.6. The van der Waals surface area contributed by atoms with Gasteiger partial charge in [0.25, 0.3) is 0 Å². The maximum absolute atomic E-state index is 6.11. The summed E-state index contributed by atoms with van der Waals surface area (Å²) >= 11 is 1.65. The maximum Gasteiger partial charge on any atom is 0.144 e. The molecule has 3 heteroatoms. The van der Waals surface area contributed by atoms with E-state index in [4.69, 9.17) is 9.73 Å². The van der Waals surface area contributed by atoms with Crippen molar-refractivity contribution >= 4 is 22.5 Å². The summed E-state index contributed by atoms with van der Waals surface area (Å²) < 4.78 is 6.11. The molecule has 0 amide bonds. The number of hydrogen-bond donors (Lipinski definition) is 0. The van der Waals surface area contributed by atoms with Crippen molar-refractivity contribution in [3.8, 4) is 5.75 Å². The zero-order valence-corrected chi connectivity index (χ0v) is 15.9. The van der Waals surface area contributed by atoms with E-state index in [1.54, 1.807) is 11.8 Å². The smallest absolute Gasteiger partial charge is 0.144 e. The fourth-order valence-electron chi connectivity index (χ4n) is 2.49. The third-order valence-electron chi connectivity index (χ3n) is 3.95. The fourth-order valence-corrected chi connectivity index (χ4v) is 3.39. The van der Waals surface area contributed by atoms with Crippen LogP contribution in [0, 0.1) is 0 Å². The first-order valence-corrected chi connectivity index (χ1v) is 9.68. The van der Waals surface area contributed by atoms with Gasteiger partial charge in [-0.2, -0.15) is 0 Å². The van der Waals surface area contributed by atoms with Gasteiger partial charge in [-0.05, 0) is 55.3 Å². The summed E-state index contributed by atoms with van der Waals surface area (Å²) in [6.07, 6.45) is 0.886. The van der Waals surface area contributed by atoms with Crippen LogP contribution in [0.4, 0.5) is 5.69 Å². The molecule has 3 aromatic carbocycles. The van der Waals surface area contributed by atoms with Crippen molar-refractivity contribution in [3.63, 3.8) is 0 Å². The van der Waals surface area contributed by atoms with Crippen molar-refractivity contribution in [2.75, 3.05) is 0 Å². The van der Waals surface area contributed by atoms with Gasteiger partial charge >= 0.3 is 0 Å². The van der Waals surface area contributed by atoms with Crippen LogP contribution in [-0.4, -0.2) is 11.1 Å². The van der Waals surface area contributed by atoms with Gasteiger partial charge in [0.1, 0.15) is 16.9 Å². The molecule has 0 bridgehead atoms. The van der Waals surface area contributed by atoms with Crippen molar-refractivity contribution in [1.29, 1.82) is 0 Å². The lowest BCUT2D eigenvalue weighted by Gasteiger charge is -2.17. The molecule has 0 aliphatic rings. The Bertz CT molecular complexity index is 829. The minimum Gasteiger partial charge on any atom is -0.484 e. The average molecular weight is 362 g/mol.